The Morgan fingerprint density at radius 2 is 1.77 bits per heavy atom. The predicted octanol–water partition coefficient (Wildman–Crippen LogP) is 4.15. The maximum absolute atomic E-state index is 12.6. The molecule has 7 heteroatoms. The second-order valence-electron chi connectivity index (χ2n) is 9.39. The minimum Gasteiger partial charge on any atom is -0.444 e. The molecule has 1 saturated carbocycles. The van der Waals surface area contributed by atoms with E-state index in [1.54, 1.807) is 10.9 Å². The van der Waals surface area contributed by atoms with E-state index >= 15 is 0 Å². The molecule has 7 nitrogen and oxygen atoms in total. The van der Waals surface area contributed by atoms with Gasteiger partial charge in [-0.05, 0) is 57.4 Å². The van der Waals surface area contributed by atoms with Crippen molar-refractivity contribution in [2.45, 2.75) is 76.9 Å². The highest BCUT2D eigenvalue weighted by Crippen LogP contribution is 2.27. The van der Waals surface area contributed by atoms with Crippen LogP contribution in [-0.2, 0) is 16.0 Å². The zero-order valence-electron chi connectivity index (χ0n) is 18.8. The molecule has 1 aliphatic carbocycles. The molecule has 0 aliphatic heterocycles. The topological polar surface area (TPSA) is 85.3 Å². The van der Waals surface area contributed by atoms with Crippen molar-refractivity contribution >= 4 is 12.0 Å². The third-order valence-electron chi connectivity index (χ3n) is 5.52. The molecule has 168 valence electrons. The molecule has 1 aromatic heterocycles. The fraction of sp³-hybridized carbons (Fsp3) is 0.542. The summed E-state index contributed by atoms with van der Waals surface area (Å²) in [6.07, 6.45) is 9.52. The molecule has 2 N–H and O–H groups in total. The zero-order valence-corrected chi connectivity index (χ0v) is 18.8. The van der Waals surface area contributed by atoms with Gasteiger partial charge in [-0.25, -0.2) is 9.48 Å². The Hall–Kier alpha value is -2.83. The zero-order chi connectivity index (χ0) is 22.3. The molecular weight excluding hydrogens is 392 g/mol. The molecule has 1 fully saturated rings. The molecule has 2 amide bonds. The van der Waals surface area contributed by atoms with E-state index < -0.39 is 17.2 Å². The van der Waals surface area contributed by atoms with Crippen molar-refractivity contribution in [1.82, 2.24) is 20.4 Å². The quantitative estimate of drug-likeness (QED) is 0.680. The summed E-state index contributed by atoms with van der Waals surface area (Å²) in [6, 6.07) is 9.66. The van der Waals surface area contributed by atoms with Crippen LogP contribution in [0.1, 0.15) is 64.9 Å². The number of carbonyl (C=O) groups excluding carboxylic acids is 2. The van der Waals surface area contributed by atoms with Crippen molar-refractivity contribution in [1.29, 1.82) is 0 Å². The van der Waals surface area contributed by atoms with E-state index in [1.807, 2.05) is 57.3 Å². The van der Waals surface area contributed by atoms with Gasteiger partial charge in [-0.1, -0.05) is 37.8 Å². The van der Waals surface area contributed by atoms with Gasteiger partial charge in [-0.3, -0.25) is 4.79 Å². The fourth-order valence-electron chi connectivity index (χ4n) is 3.98. The first kappa shape index (κ1) is 22.8. The van der Waals surface area contributed by atoms with Crippen LogP contribution in [0.2, 0.25) is 0 Å². The van der Waals surface area contributed by atoms with Crippen molar-refractivity contribution in [3.8, 4) is 5.69 Å². The number of aromatic nitrogens is 2. The minimum absolute atomic E-state index is 0.0542. The maximum Gasteiger partial charge on any atom is 0.408 e. The Morgan fingerprint density at radius 1 is 1.10 bits per heavy atom. The first-order chi connectivity index (χ1) is 14.7. The third kappa shape index (κ3) is 7.12. The van der Waals surface area contributed by atoms with Crippen LogP contribution in [0.4, 0.5) is 4.79 Å². The van der Waals surface area contributed by atoms with Gasteiger partial charge in [0.05, 0.1) is 17.6 Å². The summed E-state index contributed by atoms with van der Waals surface area (Å²) in [5, 5.41) is 10.4. The van der Waals surface area contributed by atoms with Gasteiger partial charge in [0.2, 0.25) is 5.91 Å². The number of benzene rings is 1. The molecule has 0 radical (unpaired) electrons. The van der Waals surface area contributed by atoms with Crippen LogP contribution in [0.25, 0.3) is 5.69 Å². The Balaban J connectivity index is 1.58. The number of amides is 2. The minimum atomic E-state index is -0.554. The third-order valence-corrected chi connectivity index (χ3v) is 5.52. The highest BCUT2D eigenvalue weighted by atomic mass is 16.6. The summed E-state index contributed by atoms with van der Waals surface area (Å²) >= 11 is 0. The monoisotopic (exact) mass is 426 g/mol. The van der Waals surface area contributed by atoms with Crippen molar-refractivity contribution in [2.24, 2.45) is 0 Å². The second kappa shape index (κ2) is 9.98. The number of rotatable bonds is 6. The Bertz CT molecular complexity index is 846. The summed E-state index contributed by atoms with van der Waals surface area (Å²) in [6.45, 7) is 5.97. The van der Waals surface area contributed by atoms with Crippen molar-refractivity contribution < 1.29 is 14.3 Å². The lowest BCUT2D eigenvalue weighted by atomic mass is 9.90. The van der Waals surface area contributed by atoms with Crippen LogP contribution in [-0.4, -0.2) is 39.5 Å². The number of nitrogens with zero attached hydrogens (tertiary/aromatic N) is 2. The molecule has 0 saturated heterocycles. The van der Waals surface area contributed by atoms with Crippen LogP contribution < -0.4 is 10.6 Å². The fourth-order valence-corrected chi connectivity index (χ4v) is 3.98. The Kier molecular flexibility index (Phi) is 7.36. The maximum atomic E-state index is 12.6. The summed E-state index contributed by atoms with van der Waals surface area (Å²) in [5.74, 6) is -0.0542. The van der Waals surface area contributed by atoms with Crippen LogP contribution in [0, 0.1) is 0 Å². The van der Waals surface area contributed by atoms with E-state index in [0.717, 1.165) is 49.8 Å². The molecule has 2 aromatic rings. The van der Waals surface area contributed by atoms with Gasteiger partial charge in [0.1, 0.15) is 5.60 Å². The van der Waals surface area contributed by atoms with E-state index in [9.17, 15) is 9.59 Å². The van der Waals surface area contributed by atoms with Crippen LogP contribution in [0.5, 0.6) is 0 Å². The summed E-state index contributed by atoms with van der Waals surface area (Å²) in [5.41, 5.74) is 0.872. The summed E-state index contributed by atoms with van der Waals surface area (Å²) in [7, 11) is 0. The normalized spacial score (nSPS) is 16.2. The summed E-state index contributed by atoms with van der Waals surface area (Å²) < 4.78 is 7.26. The Morgan fingerprint density at radius 3 is 2.35 bits per heavy atom. The first-order valence-corrected chi connectivity index (χ1v) is 11.1. The number of carbonyl (C=O) groups is 2. The van der Waals surface area contributed by atoms with E-state index in [4.69, 9.17) is 4.74 Å². The largest absolute Gasteiger partial charge is 0.444 e. The number of ether oxygens (including phenoxy) is 1. The molecule has 31 heavy (non-hydrogen) atoms. The van der Waals surface area contributed by atoms with Crippen molar-refractivity contribution in [2.75, 3.05) is 6.54 Å². The van der Waals surface area contributed by atoms with Crippen LogP contribution >= 0.6 is 0 Å². The van der Waals surface area contributed by atoms with Crippen molar-refractivity contribution in [3.63, 3.8) is 0 Å². The van der Waals surface area contributed by atoms with Crippen molar-refractivity contribution in [3.05, 3.63) is 48.3 Å². The van der Waals surface area contributed by atoms with Crippen LogP contribution in [0.3, 0.4) is 0 Å². The van der Waals surface area contributed by atoms with Gasteiger partial charge in [0.25, 0.3) is 0 Å². The number of hydrogen-bond donors (Lipinski definition) is 2. The van der Waals surface area contributed by atoms with E-state index in [0.29, 0.717) is 13.0 Å². The average molecular weight is 427 g/mol. The number of hydrogen-bond acceptors (Lipinski definition) is 4. The lowest BCUT2D eigenvalue weighted by Gasteiger charge is -2.35. The SMILES string of the molecule is CC(C)(C)OC(=O)NC1(CNC(=O)Cc2ccc(-n3cccn3)cc2)CCCCCC1. The van der Waals surface area contributed by atoms with Gasteiger partial charge in [-0.2, -0.15) is 5.10 Å². The van der Waals surface area contributed by atoms with Gasteiger partial charge in [0, 0.05) is 18.9 Å². The van der Waals surface area contributed by atoms with E-state index in [-0.39, 0.29) is 5.91 Å². The predicted molar refractivity (Wildman–Crippen MR) is 120 cm³/mol. The van der Waals surface area contributed by atoms with E-state index in [1.165, 1.54) is 0 Å². The molecule has 0 bridgehead atoms. The highest BCUT2D eigenvalue weighted by Gasteiger charge is 2.34. The van der Waals surface area contributed by atoms with E-state index in [2.05, 4.69) is 15.7 Å². The lowest BCUT2D eigenvalue weighted by Crippen LogP contribution is -2.56. The highest BCUT2D eigenvalue weighted by molar-refractivity contribution is 5.79. The van der Waals surface area contributed by atoms with Crippen LogP contribution in [0.15, 0.2) is 42.7 Å². The average Bonchev–Trinajstić information content (AvgIpc) is 3.13. The molecular formula is C24H34N4O3. The smallest absolute Gasteiger partial charge is 0.408 e. The summed E-state index contributed by atoms with van der Waals surface area (Å²) in [4.78, 5) is 25.1. The first-order valence-electron chi connectivity index (χ1n) is 11.1. The molecule has 0 spiro atoms. The molecule has 1 aromatic carbocycles. The molecule has 1 aliphatic rings. The molecule has 1 heterocycles. The molecule has 0 unspecified atom stereocenters. The standard InChI is InChI=1S/C24H34N4O3/c1-23(2,3)31-22(30)27-24(13-6-4-5-7-14-24)18-25-21(29)17-19-9-11-20(12-10-19)28-16-8-15-26-28/h8-12,15-16H,4-7,13-14,17-18H2,1-3H3,(H,25,29)(H,27,30). The second-order valence-corrected chi connectivity index (χ2v) is 9.39. The Labute approximate surface area is 184 Å². The number of nitrogens with one attached hydrogen (secondary N) is 2. The molecule has 3 rings (SSSR count). The lowest BCUT2D eigenvalue weighted by molar-refractivity contribution is -0.120. The number of alkyl carbamates (subject to hydrolysis) is 1. The van der Waals surface area contributed by atoms with Gasteiger partial charge in [-0.15, -0.1) is 0 Å². The van der Waals surface area contributed by atoms with Gasteiger partial charge >= 0.3 is 6.09 Å². The molecule has 0 atom stereocenters. The van der Waals surface area contributed by atoms with Gasteiger partial charge < -0.3 is 15.4 Å². The van der Waals surface area contributed by atoms with Gasteiger partial charge in [0.15, 0.2) is 0 Å².